The molecule has 0 saturated carbocycles. The molecule has 2 heterocycles. The summed E-state index contributed by atoms with van der Waals surface area (Å²) in [4.78, 5) is 22.4. The number of carbonyl (C=O) groups is 1. The van der Waals surface area contributed by atoms with Crippen molar-refractivity contribution < 1.29 is 31.3 Å². The average molecular weight is 417 g/mol. The highest BCUT2D eigenvalue weighted by Gasteiger charge is 2.25. The Morgan fingerprint density at radius 2 is 1.93 bits per heavy atom. The van der Waals surface area contributed by atoms with Gasteiger partial charge in [-0.05, 0) is 41.4 Å². The summed E-state index contributed by atoms with van der Waals surface area (Å²) in [6, 6.07) is 3.53. The first-order valence-electron chi connectivity index (χ1n) is 11.9. The number of rotatable bonds is 5. The Morgan fingerprint density at radius 1 is 1.20 bits per heavy atom. The lowest BCUT2D eigenvalue weighted by Gasteiger charge is -2.19. The third kappa shape index (κ3) is 4.53. The number of hydrogen-bond donors (Lipinski definition) is 0. The molecule has 0 fully saturated rings. The molecule has 8 heteroatoms. The SMILES string of the molecule is [2H]c1nc(CN2CCOc3c([2H])c([2H])c(-c4ccc(OC(C)(F)F)cc4)c([2H])c3C2=O)nc([2H])c1[2H]. The molecule has 0 unspecified atom stereocenters. The van der Waals surface area contributed by atoms with Gasteiger partial charge in [-0.3, -0.25) is 4.79 Å². The van der Waals surface area contributed by atoms with E-state index in [2.05, 4.69) is 14.7 Å². The van der Waals surface area contributed by atoms with Gasteiger partial charge in [0.15, 0.2) is 0 Å². The molecule has 1 aliphatic rings. The maximum absolute atomic E-state index is 13.4. The first-order valence-corrected chi connectivity index (χ1v) is 8.91. The van der Waals surface area contributed by atoms with Crippen molar-refractivity contribution >= 4 is 5.91 Å². The molecule has 0 atom stereocenters. The number of fused-ring (bicyclic) bond motifs is 1. The standard InChI is InChI=1S/C22H19F2N3O3/c1-22(23,24)30-17-6-3-15(4-7-17)16-5-8-19-18(13-16)21(28)27(11-12-29-19)14-20-25-9-2-10-26-20/h2-10,13H,11-12,14H2,1H3/i2D,5D,8D,9D,10D,13D. The van der Waals surface area contributed by atoms with Crippen molar-refractivity contribution in [1.29, 1.82) is 0 Å². The summed E-state index contributed by atoms with van der Waals surface area (Å²) in [5.41, 5.74) is -0.0917. The van der Waals surface area contributed by atoms with Crippen LogP contribution in [0.4, 0.5) is 8.78 Å². The molecule has 0 N–H and O–H groups in total. The zero-order chi connectivity index (χ0) is 26.4. The normalized spacial score (nSPS) is 16.8. The zero-order valence-corrected chi connectivity index (χ0v) is 15.8. The lowest BCUT2D eigenvalue weighted by Crippen LogP contribution is -2.32. The van der Waals surface area contributed by atoms with E-state index >= 15 is 0 Å². The fourth-order valence-corrected chi connectivity index (χ4v) is 2.84. The molecule has 2 aromatic carbocycles. The van der Waals surface area contributed by atoms with Crippen LogP contribution in [-0.4, -0.2) is 40.0 Å². The molecule has 0 aliphatic carbocycles. The second-order valence-electron chi connectivity index (χ2n) is 6.45. The van der Waals surface area contributed by atoms with Crippen LogP contribution in [0.3, 0.4) is 0 Å². The van der Waals surface area contributed by atoms with Gasteiger partial charge in [-0.1, -0.05) is 18.2 Å². The Bertz CT molecular complexity index is 1330. The Labute approximate surface area is 180 Å². The zero-order valence-electron chi connectivity index (χ0n) is 21.8. The van der Waals surface area contributed by atoms with Crippen molar-refractivity contribution in [2.24, 2.45) is 0 Å². The second-order valence-corrected chi connectivity index (χ2v) is 6.45. The highest BCUT2D eigenvalue weighted by atomic mass is 19.3. The summed E-state index contributed by atoms with van der Waals surface area (Å²) in [5, 5.41) is 0. The number of halogens is 2. The molecule has 0 saturated heterocycles. The van der Waals surface area contributed by atoms with E-state index in [1.165, 1.54) is 29.2 Å². The number of hydrogen-bond acceptors (Lipinski definition) is 5. The molecule has 154 valence electrons. The molecule has 0 radical (unpaired) electrons. The smallest absolute Gasteiger partial charge is 0.394 e. The van der Waals surface area contributed by atoms with Gasteiger partial charge < -0.3 is 14.4 Å². The van der Waals surface area contributed by atoms with Crippen LogP contribution in [0.5, 0.6) is 11.5 Å². The van der Waals surface area contributed by atoms with Gasteiger partial charge in [-0.25, -0.2) is 9.97 Å². The van der Waals surface area contributed by atoms with Crippen molar-refractivity contribution in [3.05, 3.63) is 72.2 Å². The fourth-order valence-electron chi connectivity index (χ4n) is 2.84. The third-order valence-electron chi connectivity index (χ3n) is 4.14. The van der Waals surface area contributed by atoms with Gasteiger partial charge in [0.05, 0.1) is 26.9 Å². The minimum Gasteiger partial charge on any atom is -0.491 e. The van der Waals surface area contributed by atoms with Gasteiger partial charge in [-0.15, -0.1) is 0 Å². The Morgan fingerprint density at radius 3 is 2.63 bits per heavy atom. The molecule has 30 heavy (non-hydrogen) atoms. The van der Waals surface area contributed by atoms with Crippen LogP contribution in [0.2, 0.25) is 0 Å². The summed E-state index contributed by atoms with van der Waals surface area (Å²) < 4.78 is 84.8. The largest absolute Gasteiger partial charge is 0.491 e. The van der Waals surface area contributed by atoms with Gasteiger partial charge in [0, 0.05) is 19.3 Å². The molecule has 1 amide bonds. The molecular formula is C22H19F2N3O3. The van der Waals surface area contributed by atoms with Crippen molar-refractivity contribution in [3.63, 3.8) is 0 Å². The van der Waals surface area contributed by atoms with Gasteiger partial charge in [0.1, 0.15) is 23.9 Å². The minimum atomic E-state index is -3.40. The van der Waals surface area contributed by atoms with Crippen LogP contribution >= 0.6 is 0 Å². The van der Waals surface area contributed by atoms with E-state index < -0.39 is 36.4 Å². The Kier molecular flexibility index (Phi) is 3.66. The van der Waals surface area contributed by atoms with E-state index in [1.807, 2.05) is 0 Å². The van der Waals surface area contributed by atoms with Crippen LogP contribution in [0.25, 0.3) is 11.1 Å². The van der Waals surface area contributed by atoms with Crippen LogP contribution in [-0.2, 0) is 6.54 Å². The molecule has 4 rings (SSSR count). The minimum absolute atomic E-state index is 0.0129. The number of benzene rings is 2. The highest BCUT2D eigenvalue weighted by molar-refractivity contribution is 5.98. The lowest BCUT2D eigenvalue weighted by atomic mass is 10.0. The van der Waals surface area contributed by atoms with Gasteiger partial charge in [0.2, 0.25) is 0 Å². The fraction of sp³-hybridized carbons (Fsp3) is 0.227. The number of carbonyl (C=O) groups excluding carboxylic acids is 1. The van der Waals surface area contributed by atoms with Crippen molar-refractivity contribution in [2.45, 2.75) is 19.6 Å². The van der Waals surface area contributed by atoms with E-state index in [0.29, 0.717) is 6.92 Å². The van der Waals surface area contributed by atoms with Gasteiger partial charge in [-0.2, -0.15) is 8.78 Å². The van der Waals surface area contributed by atoms with Gasteiger partial charge >= 0.3 is 6.11 Å². The Balaban J connectivity index is 1.75. The number of aromatic nitrogens is 2. The lowest BCUT2D eigenvalue weighted by molar-refractivity contribution is -0.158. The topological polar surface area (TPSA) is 64.6 Å². The maximum atomic E-state index is 13.4. The summed E-state index contributed by atoms with van der Waals surface area (Å²) >= 11 is 0. The van der Waals surface area contributed by atoms with E-state index in [4.69, 9.17) is 13.0 Å². The summed E-state index contributed by atoms with van der Waals surface area (Å²) in [5.74, 6) is -1.12. The molecule has 0 bridgehead atoms. The summed E-state index contributed by atoms with van der Waals surface area (Å²) in [6.07, 6.45) is -4.33. The predicted molar refractivity (Wildman–Crippen MR) is 105 cm³/mol. The third-order valence-corrected chi connectivity index (χ3v) is 4.14. The van der Waals surface area contributed by atoms with Crippen LogP contribution < -0.4 is 9.47 Å². The number of nitrogens with zero attached hydrogens (tertiary/aromatic N) is 3. The molecule has 6 nitrogen and oxygen atoms in total. The average Bonchev–Trinajstić information content (AvgIpc) is 2.95. The van der Waals surface area contributed by atoms with E-state index in [9.17, 15) is 13.6 Å². The number of amides is 1. The maximum Gasteiger partial charge on any atom is 0.394 e. The Hall–Kier alpha value is -3.55. The van der Waals surface area contributed by atoms with E-state index in [0.717, 1.165) is 0 Å². The van der Waals surface area contributed by atoms with E-state index in [1.54, 1.807) is 0 Å². The van der Waals surface area contributed by atoms with E-state index in [-0.39, 0.29) is 65.8 Å². The molecule has 0 spiro atoms. The molecule has 1 aliphatic heterocycles. The summed E-state index contributed by atoms with van der Waals surface area (Å²) in [7, 11) is 0. The van der Waals surface area contributed by atoms with Crippen LogP contribution in [0.1, 0.15) is 31.3 Å². The van der Waals surface area contributed by atoms with Crippen molar-refractivity contribution in [1.82, 2.24) is 14.9 Å². The monoisotopic (exact) mass is 417 g/mol. The van der Waals surface area contributed by atoms with Crippen LogP contribution in [0.15, 0.2) is 60.8 Å². The van der Waals surface area contributed by atoms with Crippen molar-refractivity contribution in [2.75, 3.05) is 13.2 Å². The second kappa shape index (κ2) is 8.06. The van der Waals surface area contributed by atoms with Gasteiger partial charge in [0.25, 0.3) is 5.91 Å². The molecular weight excluding hydrogens is 392 g/mol. The number of alkyl halides is 2. The predicted octanol–water partition coefficient (Wildman–Crippen LogP) is 4.17. The van der Waals surface area contributed by atoms with Crippen LogP contribution in [0, 0.1) is 0 Å². The number of ether oxygens (including phenoxy) is 2. The van der Waals surface area contributed by atoms with Crippen molar-refractivity contribution in [3.8, 4) is 22.6 Å². The summed E-state index contributed by atoms with van der Waals surface area (Å²) in [6.45, 7) is 0.307. The quantitative estimate of drug-likeness (QED) is 0.624. The first kappa shape index (κ1) is 13.6. The first-order chi connectivity index (χ1) is 16.9. The molecule has 3 aromatic rings. The molecule has 1 aromatic heterocycles. The highest BCUT2D eigenvalue weighted by Crippen LogP contribution is 2.31.